The molecule has 1 aromatic heterocycles. The molecular formula is C19H20F3N3O2. The van der Waals surface area contributed by atoms with Crippen LogP contribution >= 0.6 is 0 Å². The number of alkyl halides is 3. The summed E-state index contributed by atoms with van der Waals surface area (Å²) in [6.07, 6.45) is -1.76. The van der Waals surface area contributed by atoms with Crippen molar-refractivity contribution in [1.82, 2.24) is 10.3 Å². The van der Waals surface area contributed by atoms with Crippen LogP contribution in [-0.4, -0.2) is 37.1 Å². The van der Waals surface area contributed by atoms with Gasteiger partial charge in [-0.15, -0.1) is 0 Å². The number of hydrogen-bond acceptors (Lipinski definition) is 5. The number of ether oxygens (including phenoxy) is 2. The number of nitrogens with one attached hydrogen (secondary N) is 1. The first-order chi connectivity index (χ1) is 13.0. The zero-order valence-electron chi connectivity index (χ0n) is 14.6. The normalized spacial score (nSPS) is 18.6. The largest absolute Gasteiger partial charge is 0.454 e. The van der Waals surface area contributed by atoms with E-state index >= 15 is 0 Å². The molecule has 144 valence electrons. The summed E-state index contributed by atoms with van der Waals surface area (Å²) in [7, 11) is 0. The molecule has 8 heteroatoms. The first-order valence-corrected chi connectivity index (χ1v) is 8.89. The summed E-state index contributed by atoms with van der Waals surface area (Å²) in [6, 6.07) is 8.36. The van der Waals surface area contributed by atoms with Crippen LogP contribution in [0.4, 0.5) is 18.9 Å². The van der Waals surface area contributed by atoms with Gasteiger partial charge in [0.15, 0.2) is 11.5 Å². The fraction of sp³-hybridized carbons (Fsp3) is 0.421. The molecule has 1 fully saturated rings. The molecule has 0 amide bonds. The van der Waals surface area contributed by atoms with Crippen molar-refractivity contribution < 1.29 is 22.6 Å². The summed E-state index contributed by atoms with van der Waals surface area (Å²) in [6.45, 7) is 1.56. The van der Waals surface area contributed by atoms with E-state index in [4.69, 9.17) is 9.47 Å². The number of rotatable bonds is 4. The Balaban J connectivity index is 1.40. The molecule has 4 rings (SSSR count). The topological polar surface area (TPSA) is 46.6 Å². The van der Waals surface area contributed by atoms with Crippen LogP contribution in [0.2, 0.25) is 0 Å². The van der Waals surface area contributed by atoms with E-state index in [2.05, 4.69) is 15.2 Å². The number of nitrogens with zero attached hydrogens (tertiary/aromatic N) is 2. The van der Waals surface area contributed by atoms with Gasteiger partial charge in [0.25, 0.3) is 0 Å². The van der Waals surface area contributed by atoms with Crippen molar-refractivity contribution in [3.63, 3.8) is 0 Å². The number of pyridine rings is 1. The third-order valence-corrected chi connectivity index (χ3v) is 4.93. The van der Waals surface area contributed by atoms with Crippen LogP contribution in [0.25, 0.3) is 0 Å². The zero-order valence-corrected chi connectivity index (χ0v) is 14.6. The van der Waals surface area contributed by atoms with Crippen LogP contribution in [0.3, 0.4) is 0 Å². The maximum absolute atomic E-state index is 13.5. The number of halogens is 3. The van der Waals surface area contributed by atoms with Gasteiger partial charge in [0.2, 0.25) is 6.79 Å². The van der Waals surface area contributed by atoms with Gasteiger partial charge in [-0.25, -0.2) is 0 Å². The Hall–Kier alpha value is -2.48. The fourth-order valence-electron chi connectivity index (χ4n) is 3.52. The smallest absolute Gasteiger partial charge is 0.409 e. The first-order valence-electron chi connectivity index (χ1n) is 8.89. The molecule has 1 saturated heterocycles. The van der Waals surface area contributed by atoms with Gasteiger partial charge in [-0.05, 0) is 37.1 Å². The lowest BCUT2D eigenvalue weighted by Crippen LogP contribution is -2.47. The molecule has 2 aliphatic rings. The highest BCUT2D eigenvalue weighted by Crippen LogP contribution is 2.37. The molecular weight excluding hydrogens is 359 g/mol. The van der Waals surface area contributed by atoms with Crippen molar-refractivity contribution in [2.24, 2.45) is 0 Å². The summed E-state index contributed by atoms with van der Waals surface area (Å²) >= 11 is 0. The Kier molecular flexibility index (Phi) is 4.82. The standard InChI is InChI=1S/C19H20F3N3O2/c20-19(21,22)18(15-3-1-2-8-23-15)24-13-6-9-25(10-7-13)14-4-5-16-17(11-14)27-12-26-16/h1-5,8,11,13,18,24H,6-7,9-10,12H2. The van der Waals surface area contributed by atoms with Crippen LogP contribution in [0.5, 0.6) is 11.5 Å². The summed E-state index contributed by atoms with van der Waals surface area (Å²) in [4.78, 5) is 6.04. The fourth-order valence-corrected chi connectivity index (χ4v) is 3.52. The van der Waals surface area contributed by atoms with Crippen LogP contribution in [0, 0.1) is 0 Å². The van der Waals surface area contributed by atoms with E-state index in [-0.39, 0.29) is 18.5 Å². The van der Waals surface area contributed by atoms with Crippen molar-refractivity contribution >= 4 is 5.69 Å². The number of benzene rings is 1. The average Bonchev–Trinajstić information content (AvgIpc) is 3.14. The number of fused-ring (bicyclic) bond motifs is 1. The minimum absolute atomic E-state index is 0.00296. The van der Waals surface area contributed by atoms with Gasteiger partial charge < -0.3 is 14.4 Å². The van der Waals surface area contributed by atoms with Gasteiger partial charge >= 0.3 is 6.18 Å². The van der Waals surface area contributed by atoms with Crippen molar-refractivity contribution in [2.75, 3.05) is 24.8 Å². The van der Waals surface area contributed by atoms with Gasteiger partial charge in [0.05, 0.1) is 5.69 Å². The molecule has 0 bridgehead atoms. The third-order valence-electron chi connectivity index (χ3n) is 4.93. The zero-order chi connectivity index (χ0) is 18.9. The Bertz CT molecular complexity index is 778. The molecule has 0 radical (unpaired) electrons. The second-order valence-electron chi connectivity index (χ2n) is 6.69. The molecule has 0 saturated carbocycles. The van der Waals surface area contributed by atoms with Gasteiger partial charge in [-0.1, -0.05) is 6.07 Å². The highest BCUT2D eigenvalue weighted by atomic mass is 19.4. The minimum atomic E-state index is -4.39. The Morgan fingerprint density at radius 2 is 1.85 bits per heavy atom. The van der Waals surface area contributed by atoms with Gasteiger partial charge in [0.1, 0.15) is 6.04 Å². The SMILES string of the molecule is FC(F)(F)C(NC1CCN(c2ccc3c(c2)OCO3)CC1)c1ccccn1. The summed E-state index contributed by atoms with van der Waals surface area (Å²) < 4.78 is 51.2. The van der Waals surface area contributed by atoms with Crippen LogP contribution < -0.4 is 19.7 Å². The van der Waals surface area contributed by atoms with E-state index in [9.17, 15) is 13.2 Å². The molecule has 1 aromatic carbocycles. The minimum Gasteiger partial charge on any atom is -0.454 e. The number of anilines is 1. The van der Waals surface area contributed by atoms with Gasteiger partial charge in [-0.2, -0.15) is 13.2 Å². The second kappa shape index (κ2) is 7.26. The van der Waals surface area contributed by atoms with Crippen molar-refractivity contribution in [1.29, 1.82) is 0 Å². The van der Waals surface area contributed by atoms with Crippen molar-refractivity contribution in [3.05, 3.63) is 48.3 Å². The first kappa shape index (κ1) is 17.9. The van der Waals surface area contributed by atoms with Crippen LogP contribution in [-0.2, 0) is 0 Å². The summed E-state index contributed by atoms with van der Waals surface area (Å²) in [5.41, 5.74) is 0.998. The Morgan fingerprint density at radius 3 is 2.56 bits per heavy atom. The maximum atomic E-state index is 13.5. The maximum Gasteiger partial charge on any atom is 0.409 e. The monoisotopic (exact) mass is 379 g/mol. The lowest BCUT2D eigenvalue weighted by Gasteiger charge is -2.36. The van der Waals surface area contributed by atoms with E-state index in [1.807, 2.05) is 18.2 Å². The molecule has 1 unspecified atom stereocenters. The highest BCUT2D eigenvalue weighted by molar-refractivity contribution is 5.57. The summed E-state index contributed by atoms with van der Waals surface area (Å²) in [5.74, 6) is 1.43. The molecule has 3 heterocycles. The average molecular weight is 379 g/mol. The third kappa shape index (κ3) is 3.95. The van der Waals surface area contributed by atoms with E-state index in [0.717, 1.165) is 11.4 Å². The summed E-state index contributed by atoms with van der Waals surface area (Å²) in [5, 5.41) is 2.77. The van der Waals surface area contributed by atoms with Gasteiger partial charge in [0, 0.05) is 37.1 Å². The van der Waals surface area contributed by atoms with E-state index in [0.29, 0.717) is 31.7 Å². The van der Waals surface area contributed by atoms with Gasteiger partial charge in [-0.3, -0.25) is 10.3 Å². The van der Waals surface area contributed by atoms with Crippen LogP contribution in [0.15, 0.2) is 42.6 Å². The van der Waals surface area contributed by atoms with Crippen molar-refractivity contribution in [2.45, 2.75) is 31.1 Å². The molecule has 27 heavy (non-hydrogen) atoms. The predicted octanol–water partition coefficient (Wildman–Crippen LogP) is 3.67. The van der Waals surface area contributed by atoms with Crippen LogP contribution in [0.1, 0.15) is 24.6 Å². The molecule has 5 nitrogen and oxygen atoms in total. The Morgan fingerprint density at radius 1 is 1.07 bits per heavy atom. The molecule has 0 spiro atoms. The number of aromatic nitrogens is 1. The number of hydrogen-bond donors (Lipinski definition) is 1. The second-order valence-corrected chi connectivity index (χ2v) is 6.69. The van der Waals surface area contributed by atoms with E-state index < -0.39 is 12.2 Å². The molecule has 0 aliphatic carbocycles. The van der Waals surface area contributed by atoms with E-state index in [1.165, 1.54) is 12.3 Å². The highest BCUT2D eigenvalue weighted by Gasteiger charge is 2.43. The molecule has 2 aliphatic heterocycles. The van der Waals surface area contributed by atoms with Crippen molar-refractivity contribution in [3.8, 4) is 11.5 Å². The lowest BCUT2D eigenvalue weighted by molar-refractivity contribution is -0.161. The van der Waals surface area contributed by atoms with E-state index in [1.54, 1.807) is 12.1 Å². The molecule has 1 N–H and O–H groups in total. The quantitative estimate of drug-likeness (QED) is 0.878. The molecule has 2 aromatic rings. The lowest BCUT2D eigenvalue weighted by atomic mass is 10.0. The predicted molar refractivity (Wildman–Crippen MR) is 94.0 cm³/mol. The molecule has 1 atom stereocenters. The Labute approximate surface area is 155 Å². The number of piperidine rings is 1.